The second kappa shape index (κ2) is 11.5. The van der Waals surface area contributed by atoms with Crippen LogP contribution in [0.15, 0.2) is 72.9 Å². The molecule has 4 aromatic rings. The Kier molecular flexibility index (Phi) is 7.93. The monoisotopic (exact) mass is 605 g/mol. The number of aryl methyl sites for hydroxylation is 1. The van der Waals surface area contributed by atoms with Gasteiger partial charge in [-0.3, -0.25) is 9.71 Å². The van der Waals surface area contributed by atoms with E-state index < -0.39 is 16.0 Å². The molecule has 0 unspecified atom stereocenters. The summed E-state index contributed by atoms with van der Waals surface area (Å²) < 4.78 is 38.9. The van der Waals surface area contributed by atoms with E-state index >= 15 is 0 Å². The lowest BCUT2D eigenvalue weighted by atomic mass is 9.96. The number of nitrogens with zero attached hydrogens (tertiary/aromatic N) is 3. The molecule has 0 spiro atoms. The van der Waals surface area contributed by atoms with Crippen molar-refractivity contribution < 1.29 is 22.7 Å². The SMILES string of the molecule is COC(=O)c1cccc(-n2c(C)cc([C@@H]3[C@@H](c4ccccn4)NC(=S)N3c3ccc(NS(C)(=O)=O)c(OC)c3)c2C)c1. The van der Waals surface area contributed by atoms with Crippen molar-refractivity contribution in [3.8, 4) is 11.4 Å². The van der Waals surface area contributed by atoms with Gasteiger partial charge in [-0.25, -0.2) is 13.2 Å². The molecule has 10 nitrogen and oxygen atoms in total. The van der Waals surface area contributed by atoms with Gasteiger partial charge >= 0.3 is 5.97 Å². The number of anilines is 2. The first-order valence-corrected chi connectivity index (χ1v) is 15.4. The number of carbonyl (C=O) groups is 1. The summed E-state index contributed by atoms with van der Waals surface area (Å²) in [5, 5.41) is 3.94. The Bertz CT molecular complexity index is 1770. The van der Waals surface area contributed by atoms with Gasteiger partial charge in [0.1, 0.15) is 5.75 Å². The van der Waals surface area contributed by atoms with Crippen LogP contribution in [0.1, 0.15) is 45.1 Å². The van der Waals surface area contributed by atoms with Crippen LogP contribution in [-0.4, -0.2) is 49.5 Å². The lowest BCUT2D eigenvalue weighted by molar-refractivity contribution is 0.0600. The van der Waals surface area contributed by atoms with Crippen molar-refractivity contribution >= 4 is 44.7 Å². The second-order valence-corrected chi connectivity index (χ2v) is 12.1. The molecule has 1 saturated heterocycles. The number of hydrogen-bond donors (Lipinski definition) is 2. The van der Waals surface area contributed by atoms with Gasteiger partial charge in [0.05, 0.1) is 49.5 Å². The highest BCUT2D eigenvalue weighted by Gasteiger charge is 2.42. The molecule has 1 fully saturated rings. The van der Waals surface area contributed by atoms with E-state index in [1.165, 1.54) is 14.2 Å². The standard InChI is InChI=1S/C30H31N5O5S2/c1-18-15-23(19(2)34(18)21-10-8-9-20(16-21)29(36)40-4)28-27(25-11-6-7-14-31-25)32-30(41)35(28)22-12-13-24(26(17-22)39-3)33-42(5,37)38/h6-17,27-28,33H,1-5H3,(H,32,41)/t27-,28-/m1/s1. The summed E-state index contributed by atoms with van der Waals surface area (Å²) in [5.41, 5.74) is 6.05. The average molecular weight is 606 g/mol. The highest BCUT2D eigenvalue weighted by molar-refractivity contribution is 7.92. The Balaban J connectivity index is 1.66. The molecule has 0 saturated carbocycles. The molecule has 2 atom stereocenters. The lowest BCUT2D eigenvalue weighted by Crippen LogP contribution is -2.29. The molecule has 2 aromatic carbocycles. The average Bonchev–Trinajstić information content (AvgIpc) is 3.47. The van der Waals surface area contributed by atoms with Gasteiger partial charge < -0.3 is 24.3 Å². The summed E-state index contributed by atoms with van der Waals surface area (Å²) in [5.74, 6) is -0.0557. The molecule has 2 aromatic heterocycles. The van der Waals surface area contributed by atoms with Crippen LogP contribution in [-0.2, 0) is 14.8 Å². The molecule has 0 amide bonds. The molecule has 12 heteroatoms. The molecular formula is C30H31N5O5S2. The van der Waals surface area contributed by atoms with Crippen LogP contribution >= 0.6 is 12.2 Å². The van der Waals surface area contributed by atoms with Gasteiger partial charge in [0.25, 0.3) is 0 Å². The molecule has 218 valence electrons. The normalized spacial score (nSPS) is 16.7. The van der Waals surface area contributed by atoms with Crippen LogP contribution < -0.4 is 19.7 Å². The van der Waals surface area contributed by atoms with Crippen LogP contribution in [0.2, 0.25) is 0 Å². The van der Waals surface area contributed by atoms with Gasteiger partial charge in [0.2, 0.25) is 10.0 Å². The van der Waals surface area contributed by atoms with Crippen LogP contribution in [0.4, 0.5) is 11.4 Å². The van der Waals surface area contributed by atoms with Crippen LogP contribution in [0.25, 0.3) is 5.69 Å². The van der Waals surface area contributed by atoms with E-state index in [-0.39, 0.29) is 12.1 Å². The van der Waals surface area contributed by atoms with E-state index in [0.29, 0.717) is 27.8 Å². The summed E-state index contributed by atoms with van der Waals surface area (Å²) in [6.07, 6.45) is 2.83. The van der Waals surface area contributed by atoms with Crippen molar-refractivity contribution in [2.45, 2.75) is 25.9 Å². The number of hydrogen-bond acceptors (Lipinski definition) is 7. The molecule has 0 radical (unpaired) electrons. The van der Waals surface area contributed by atoms with Gasteiger partial charge in [0.15, 0.2) is 5.11 Å². The summed E-state index contributed by atoms with van der Waals surface area (Å²) >= 11 is 5.89. The zero-order valence-electron chi connectivity index (χ0n) is 23.8. The Morgan fingerprint density at radius 2 is 1.81 bits per heavy atom. The molecule has 1 aliphatic rings. The van der Waals surface area contributed by atoms with Crippen molar-refractivity contribution in [2.75, 3.05) is 30.1 Å². The van der Waals surface area contributed by atoms with Gasteiger partial charge in [-0.2, -0.15) is 0 Å². The molecule has 1 aliphatic heterocycles. The number of pyridine rings is 1. The van der Waals surface area contributed by atoms with Crippen molar-refractivity contribution in [1.82, 2.24) is 14.9 Å². The molecular weight excluding hydrogens is 574 g/mol. The fourth-order valence-corrected chi connectivity index (χ4v) is 6.35. The van der Waals surface area contributed by atoms with Gasteiger partial charge in [0, 0.05) is 35.0 Å². The van der Waals surface area contributed by atoms with Crippen molar-refractivity contribution in [1.29, 1.82) is 0 Å². The quantitative estimate of drug-likeness (QED) is 0.215. The minimum atomic E-state index is -3.52. The highest BCUT2D eigenvalue weighted by atomic mass is 32.2. The molecule has 42 heavy (non-hydrogen) atoms. The Hall–Kier alpha value is -4.42. The van der Waals surface area contributed by atoms with E-state index in [1.807, 2.05) is 49.1 Å². The van der Waals surface area contributed by atoms with E-state index in [2.05, 4.69) is 25.7 Å². The first-order valence-electron chi connectivity index (χ1n) is 13.1. The minimum Gasteiger partial charge on any atom is -0.494 e. The summed E-state index contributed by atoms with van der Waals surface area (Å²) in [4.78, 5) is 18.9. The number of ether oxygens (including phenoxy) is 2. The smallest absolute Gasteiger partial charge is 0.337 e. The second-order valence-electron chi connectivity index (χ2n) is 9.96. The zero-order valence-corrected chi connectivity index (χ0v) is 25.4. The summed E-state index contributed by atoms with van der Waals surface area (Å²) in [6, 6.07) is 19.8. The van der Waals surface area contributed by atoms with Gasteiger partial charge in [-0.05, 0) is 80.2 Å². The van der Waals surface area contributed by atoms with E-state index in [0.717, 1.165) is 34.6 Å². The number of benzene rings is 2. The number of aromatic nitrogens is 2. The fraction of sp³-hybridized carbons (Fsp3) is 0.233. The van der Waals surface area contributed by atoms with E-state index in [1.54, 1.807) is 36.5 Å². The third-order valence-corrected chi connectivity index (χ3v) is 8.08. The Morgan fingerprint density at radius 1 is 1.02 bits per heavy atom. The molecule has 0 aliphatic carbocycles. The van der Waals surface area contributed by atoms with Crippen LogP contribution in [0.3, 0.4) is 0 Å². The minimum absolute atomic E-state index is 0.297. The number of methoxy groups -OCH3 is 2. The highest BCUT2D eigenvalue weighted by Crippen LogP contribution is 2.45. The molecule has 3 heterocycles. The van der Waals surface area contributed by atoms with Crippen molar-refractivity contribution in [2.24, 2.45) is 0 Å². The summed E-state index contributed by atoms with van der Waals surface area (Å²) in [7, 11) is -0.672. The third-order valence-electron chi connectivity index (χ3n) is 7.17. The number of carbonyl (C=O) groups excluding carboxylic acids is 1. The van der Waals surface area contributed by atoms with Crippen LogP contribution in [0.5, 0.6) is 5.75 Å². The number of esters is 1. The molecule has 0 bridgehead atoms. The largest absolute Gasteiger partial charge is 0.494 e. The molecule has 2 N–H and O–H groups in total. The lowest BCUT2D eigenvalue weighted by Gasteiger charge is -2.29. The number of nitrogens with one attached hydrogen (secondary N) is 2. The maximum Gasteiger partial charge on any atom is 0.337 e. The predicted octanol–water partition coefficient (Wildman–Crippen LogP) is 4.83. The third kappa shape index (κ3) is 5.55. The topological polar surface area (TPSA) is 115 Å². The summed E-state index contributed by atoms with van der Waals surface area (Å²) in [6.45, 7) is 4.04. The number of sulfonamides is 1. The maximum absolute atomic E-state index is 12.3. The maximum atomic E-state index is 12.3. The van der Waals surface area contributed by atoms with E-state index in [4.69, 9.17) is 21.7 Å². The van der Waals surface area contributed by atoms with Gasteiger partial charge in [-0.1, -0.05) is 12.1 Å². The first kappa shape index (κ1) is 29.1. The fourth-order valence-electron chi connectivity index (χ4n) is 5.44. The van der Waals surface area contributed by atoms with Crippen molar-refractivity contribution in [3.05, 3.63) is 101 Å². The van der Waals surface area contributed by atoms with Gasteiger partial charge in [-0.15, -0.1) is 0 Å². The Labute approximate surface area is 250 Å². The number of rotatable bonds is 8. The van der Waals surface area contributed by atoms with Crippen molar-refractivity contribution in [3.63, 3.8) is 0 Å². The Morgan fingerprint density at radius 3 is 2.48 bits per heavy atom. The first-order chi connectivity index (χ1) is 20.0. The molecule has 5 rings (SSSR count). The predicted molar refractivity (Wildman–Crippen MR) is 166 cm³/mol. The van der Waals surface area contributed by atoms with E-state index in [9.17, 15) is 13.2 Å². The van der Waals surface area contributed by atoms with Crippen LogP contribution in [0, 0.1) is 13.8 Å². The zero-order chi connectivity index (χ0) is 30.2. The number of thiocarbonyl (C=S) groups is 1.